The molecule has 1 heteroatoms. The van der Waals surface area contributed by atoms with Gasteiger partial charge in [-0.05, 0) is 53.8 Å². The molecule has 1 heterocycles. The number of hydrogen-bond donors (Lipinski definition) is 0. The van der Waals surface area contributed by atoms with Crippen molar-refractivity contribution in [3.8, 4) is 17.5 Å². The molecule has 0 N–H and O–H groups in total. The van der Waals surface area contributed by atoms with Crippen molar-refractivity contribution in [1.29, 1.82) is 0 Å². The summed E-state index contributed by atoms with van der Waals surface area (Å²) in [5.41, 5.74) is 5.72. The number of para-hydroxylation sites is 2. The third kappa shape index (κ3) is 3.07. The largest absolute Gasteiger partial charge is 0.315 e. The molecule has 0 amide bonds. The van der Waals surface area contributed by atoms with Gasteiger partial charge in [-0.15, -0.1) is 0 Å². The lowest BCUT2D eigenvalue weighted by Gasteiger charge is -2.08. The predicted molar refractivity (Wildman–Crippen MR) is 105 cm³/mol. The minimum atomic E-state index is 1.03. The minimum absolute atomic E-state index is 1.03. The van der Waals surface area contributed by atoms with Gasteiger partial charge in [-0.3, -0.25) is 0 Å². The minimum Gasteiger partial charge on any atom is -0.315 e. The van der Waals surface area contributed by atoms with E-state index < -0.39 is 0 Å². The molecule has 1 aromatic heterocycles. The van der Waals surface area contributed by atoms with E-state index in [1.807, 2.05) is 6.07 Å². The molecule has 0 aliphatic heterocycles. The maximum atomic E-state index is 3.35. The molecule has 0 saturated heterocycles. The molecule has 0 aliphatic carbocycles. The highest BCUT2D eigenvalue weighted by atomic mass is 15.0. The fourth-order valence-electron chi connectivity index (χ4n) is 3.05. The fraction of sp³-hybridized carbons (Fsp3) is 0.0833. The molecular formula is C24H19N. The normalized spacial score (nSPS) is 10.4. The number of aryl methyl sites for hydroxylation is 1. The van der Waals surface area contributed by atoms with Crippen LogP contribution in [0.5, 0.6) is 0 Å². The molecule has 120 valence electrons. The first kappa shape index (κ1) is 15.3. The third-order valence-corrected chi connectivity index (χ3v) is 4.47. The molecule has 1 nitrogen and oxygen atoms in total. The summed E-state index contributed by atoms with van der Waals surface area (Å²) < 4.78 is 2.21. The van der Waals surface area contributed by atoms with Crippen molar-refractivity contribution in [1.82, 2.24) is 4.57 Å². The third-order valence-electron chi connectivity index (χ3n) is 4.47. The quantitative estimate of drug-likeness (QED) is 0.424. The molecule has 0 fully saturated rings. The standard InChI is InChI=1S/C24H19N/c1-2-19-11-13-20(14-12-19)15-16-21-7-3-5-9-23(21)25-18-17-22-8-4-6-10-24(22)25/h3-14,17-18H,2H2,1H3. The Hall–Kier alpha value is -3.24. The van der Waals surface area contributed by atoms with E-state index in [4.69, 9.17) is 0 Å². The Kier molecular flexibility index (Phi) is 4.11. The van der Waals surface area contributed by atoms with Gasteiger partial charge >= 0.3 is 0 Å². The summed E-state index contributed by atoms with van der Waals surface area (Å²) in [4.78, 5) is 0. The Morgan fingerprint density at radius 2 is 1.52 bits per heavy atom. The van der Waals surface area contributed by atoms with E-state index in [1.54, 1.807) is 0 Å². The highest BCUT2D eigenvalue weighted by molar-refractivity contribution is 5.82. The van der Waals surface area contributed by atoms with E-state index in [0.29, 0.717) is 0 Å². The first-order valence-corrected chi connectivity index (χ1v) is 8.61. The van der Waals surface area contributed by atoms with Gasteiger partial charge in [0.15, 0.2) is 0 Å². The van der Waals surface area contributed by atoms with Crippen LogP contribution in [-0.4, -0.2) is 4.57 Å². The van der Waals surface area contributed by atoms with Crippen molar-refractivity contribution in [2.24, 2.45) is 0 Å². The van der Waals surface area contributed by atoms with Crippen LogP contribution in [0.15, 0.2) is 85.1 Å². The summed E-state index contributed by atoms with van der Waals surface area (Å²) in [7, 11) is 0. The van der Waals surface area contributed by atoms with Gasteiger partial charge in [0.2, 0.25) is 0 Å². The highest BCUT2D eigenvalue weighted by Gasteiger charge is 2.05. The van der Waals surface area contributed by atoms with Crippen molar-refractivity contribution in [2.75, 3.05) is 0 Å². The maximum absolute atomic E-state index is 3.35. The molecule has 25 heavy (non-hydrogen) atoms. The lowest BCUT2D eigenvalue weighted by atomic mass is 10.1. The lowest BCUT2D eigenvalue weighted by molar-refractivity contribution is 1.12. The summed E-state index contributed by atoms with van der Waals surface area (Å²) in [5, 5.41) is 1.24. The highest BCUT2D eigenvalue weighted by Crippen LogP contribution is 2.22. The number of aromatic nitrogens is 1. The maximum Gasteiger partial charge on any atom is 0.0612 e. The molecule has 0 atom stereocenters. The number of rotatable bonds is 2. The zero-order valence-corrected chi connectivity index (χ0v) is 14.2. The monoisotopic (exact) mass is 321 g/mol. The zero-order chi connectivity index (χ0) is 17.1. The molecule has 4 rings (SSSR count). The Balaban J connectivity index is 1.76. The molecular weight excluding hydrogens is 302 g/mol. The molecule has 4 aromatic rings. The zero-order valence-electron chi connectivity index (χ0n) is 14.2. The van der Waals surface area contributed by atoms with Crippen molar-refractivity contribution < 1.29 is 0 Å². The van der Waals surface area contributed by atoms with Crippen LogP contribution in [0.2, 0.25) is 0 Å². The predicted octanol–water partition coefficient (Wildman–Crippen LogP) is 5.59. The summed E-state index contributed by atoms with van der Waals surface area (Å²) in [6, 6.07) is 27.4. The lowest BCUT2D eigenvalue weighted by Crippen LogP contribution is -1.95. The summed E-state index contributed by atoms with van der Waals surface area (Å²) in [6.07, 6.45) is 3.17. The van der Waals surface area contributed by atoms with Crippen LogP contribution in [0.4, 0.5) is 0 Å². The average Bonchev–Trinajstić information content (AvgIpc) is 3.11. The van der Waals surface area contributed by atoms with Gasteiger partial charge < -0.3 is 4.57 Å². The average molecular weight is 321 g/mol. The smallest absolute Gasteiger partial charge is 0.0612 e. The number of hydrogen-bond acceptors (Lipinski definition) is 0. The van der Waals surface area contributed by atoms with Crippen molar-refractivity contribution >= 4 is 10.9 Å². The van der Waals surface area contributed by atoms with Crippen LogP contribution in [-0.2, 0) is 6.42 Å². The van der Waals surface area contributed by atoms with Crippen LogP contribution in [0.25, 0.3) is 16.6 Å². The Morgan fingerprint density at radius 3 is 2.36 bits per heavy atom. The second-order valence-corrected chi connectivity index (χ2v) is 6.06. The molecule has 0 aliphatic rings. The van der Waals surface area contributed by atoms with E-state index >= 15 is 0 Å². The number of nitrogens with zero attached hydrogens (tertiary/aromatic N) is 1. The van der Waals surface area contributed by atoms with Gasteiger partial charge in [-0.25, -0.2) is 0 Å². The Bertz CT molecular complexity index is 1070. The van der Waals surface area contributed by atoms with Crippen LogP contribution in [0, 0.1) is 11.8 Å². The summed E-state index contributed by atoms with van der Waals surface area (Å²) in [5.74, 6) is 6.65. The van der Waals surface area contributed by atoms with Crippen LogP contribution in [0.3, 0.4) is 0 Å². The topological polar surface area (TPSA) is 4.93 Å². The number of benzene rings is 3. The van der Waals surface area contributed by atoms with Gasteiger partial charge in [0.1, 0.15) is 0 Å². The van der Waals surface area contributed by atoms with Crippen molar-refractivity contribution in [2.45, 2.75) is 13.3 Å². The molecule has 0 spiro atoms. The van der Waals surface area contributed by atoms with E-state index in [2.05, 4.69) is 102 Å². The second kappa shape index (κ2) is 6.71. The van der Waals surface area contributed by atoms with E-state index in [0.717, 1.165) is 23.2 Å². The van der Waals surface area contributed by atoms with E-state index in [9.17, 15) is 0 Å². The van der Waals surface area contributed by atoms with Crippen LogP contribution < -0.4 is 0 Å². The molecule has 0 unspecified atom stereocenters. The first-order chi connectivity index (χ1) is 12.3. The van der Waals surface area contributed by atoms with Crippen molar-refractivity contribution in [3.05, 3.63) is 102 Å². The van der Waals surface area contributed by atoms with Crippen LogP contribution in [0.1, 0.15) is 23.6 Å². The number of fused-ring (bicyclic) bond motifs is 1. The fourth-order valence-corrected chi connectivity index (χ4v) is 3.05. The molecule has 0 bridgehead atoms. The summed E-state index contributed by atoms with van der Waals surface area (Å²) >= 11 is 0. The van der Waals surface area contributed by atoms with Gasteiger partial charge in [-0.1, -0.05) is 61.2 Å². The molecule has 0 saturated carbocycles. The second-order valence-electron chi connectivity index (χ2n) is 6.06. The van der Waals surface area contributed by atoms with E-state index in [-0.39, 0.29) is 0 Å². The first-order valence-electron chi connectivity index (χ1n) is 8.61. The molecule has 3 aromatic carbocycles. The Labute approximate surface area is 148 Å². The Morgan fingerprint density at radius 1 is 0.760 bits per heavy atom. The van der Waals surface area contributed by atoms with Crippen LogP contribution >= 0.6 is 0 Å². The SMILES string of the molecule is CCc1ccc(C#Cc2ccccc2-n2ccc3ccccc32)cc1. The van der Waals surface area contributed by atoms with Crippen molar-refractivity contribution in [3.63, 3.8) is 0 Å². The van der Waals surface area contributed by atoms with Gasteiger partial charge in [0.05, 0.1) is 11.2 Å². The summed E-state index contributed by atoms with van der Waals surface area (Å²) in [6.45, 7) is 2.17. The molecule has 0 radical (unpaired) electrons. The van der Waals surface area contributed by atoms with Gasteiger partial charge in [-0.2, -0.15) is 0 Å². The van der Waals surface area contributed by atoms with Gasteiger partial charge in [0, 0.05) is 17.3 Å². The van der Waals surface area contributed by atoms with Gasteiger partial charge in [0.25, 0.3) is 0 Å². The van der Waals surface area contributed by atoms with E-state index in [1.165, 1.54) is 16.5 Å².